The molecule has 0 aliphatic heterocycles. The molecule has 6 atom stereocenters. The molecule has 2 aromatic carbocycles. The molecule has 37 heavy (non-hydrogen) atoms. The van der Waals surface area contributed by atoms with Gasteiger partial charge in [-0.3, -0.25) is 28.9 Å². The summed E-state index contributed by atoms with van der Waals surface area (Å²) in [5, 5.41) is 23.9. The van der Waals surface area contributed by atoms with Gasteiger partial charge in [0.05, 0.1) is 17.5 Å². The van der Waals surface area contributed by atoms with Crippen LogP contribution in [0.1, 0.15) is 22.3 Å². The van der Waals surface area contributed by atoms with Crippen molar-refractivity contribution in [2.24, 2.45) is 29.4 Å². The Morgan fingerprint density at radius 1 is 1.05 bits per heavy atom. The number of hydrogen-bond donors (Lipinski definition) is 3. The second-order valence-corrected chi connectivity index (χ2v) is 10.8. The van der Waals surface area contributed by atoms with Crippen LogP contribution in [0.5, 0.6) is 5.75 Å². The average molecular weight is 508 g/mol. The lowest BCUT2D eigenvalue weighted by atomic mass is 9.52. The number of aromatic hydroxyl groups is 1. The predicted octanol–water partition coefficient (Wildman–Crippen LogP) is 0.0862. The number of rotatable bonds is 3. The van der Waals surface area contributed by atoms with Crippen LogP contribution >= 0.6 is 0 Å². The average Bonchev–Trinajstić information content (AvgIpc) is 2.80. The van der Waals surface area contributed by atoms with Gasteiger partial charge in [0.25, 0.3) is 0 Å². The maximum Gasteiger partial charge on any atom is 0.235 e. The number of phenolic OH excluding ortho intramolecular Hbond substituents is 1. The molecule has 0 spiro atoms. The van der Waals surface area contributed by atoms with Crippen LogP contribution < -0.4 is 10.6 Å². The van der Waals surface area contributed by atoms with Crippen LogP contribution in [0.15, 0.2) is 24.3 Å². The third kappa shape index (κ3) is 3.28. The smallest absolute Gasteiger partial charge is 0.235 e. The van der Waals surface area contributed by atoms with E-state index in [0.717, 1.165) is 11.1 Å². The normalized spacial score (nSPS) is 31.2. The number of nitrogens with zero attached hydrogens (tertiary/aromatic N) is 2. The van der Waals surface area contributed by atoms with Gasteiger partial charge in [-0.1, -0.05) is 6.07 Å². The SMILES string of the molecule is CN(C)c1ccc2c(O)c3c(cc2c1)C[C@H]1C[C@H]2[C@H](N(C)C)C(=O)C(C(N)=O)C(=O)[C@@]2(O)C(=O)C1C3=O. The van der Waals surface area contributed by atoms with E-state index in [1.165, 1.54) is 4.90 Å². The molecule has 4 N–H and O–H groups in total. The number of fused-ring (bicyclic) bond motifs is 4. The summed E-state index contributed by atoms with van der Waals surface area (Å²) < 4.78 is 0. The second-order valence-electron chi connectivity index (χ2n) is 10.8. The molecule has 2 unspecified atom stereocenters. The number of likely N-dealkylation sites (N-methyl/N-ethyl adjacent to an activating group) is 1. The summed E-state index contributed by atoms with van der Waals surface area (Å²) in [6, 6.07) is 6.09. The number of nitrogens with two attached hydrogens (primary N) is 1. The van der Waals surface area contributed by atoms with Crippen LogP contribution in [-0.4, -0.2) is 84.0 Å². The molecule has 10 heteroatoms. The van der Waals surface area contributed by atoms with E-state index in [0.29, 0.717) is 10.9 Å². The van der Waals surface area contributed by atoms with Crippen molar-refractivity contribution in [3.63, 3.8) is 0 Å². The van der Waals surface area contributed by atoms with Crippen molar-refractivity contribution in [1.82, 2.24) is 4.90 Å². The summed E-state index contributed by atoms with van der Waals surface area (Å²) in [6.07, 6.45) is 0.266. The van der Waals surface area contributed by atoms with Crippen LogP contribution in [-0.2, 0) is 25.6 Å². The molecular formula is C27H29N3O7. The van der Waals surface area contributed by atoms with Gasteiger partial charge >= 0.3 is 0 Å². The van der Waals surface area contributed by atoms with Crippen LogP contribution in [0.2, 0.25) is 0 Å². The zero-order chi connectivity index (χ0) is 27.1. The summed E-state index contributed by atoms with van der Waals surface area (Å²) in [7, 11) is 6.89. The van der Waals surface area contributed by atoms with Gasteiger partial charge in [-0.05, 0) is 62.0 Å². The number of aliphatic hydroxyl groups is 1. The van der Waals surface area contributed by atoms with Crippen molar-refractivity contribution in [3.05, 3.63) is 35.4 Å². The number of primary amides is 1. The number of Topliss-reactive ketones (excluding diaryl/α,β-unsaturated/α-hetero) is 4. The molecule has 2 fully saturated rings. The quantitative estimate of drug-likeness (QED) is 0.489. The fraction of sp³-hybridized carbons (Fsp3) is 0.444. The molecule has 0 aromatic heterocycles. The first-order valence-corrected chi connectivity index (χ1v) is 12.1. The lowest BCUT2D eigenvalue weighted by Gasteiger charge is -2.52. The summed E-state index contributed by atoms with van der Waals surface area (Å²) in [4.78, 5) is 69.4. The molecule has 194 valence electrons. The lowest BCUT2D eigenvalue weighted by Crippen LogP contribution is -2.74. The Hall–Kier alpha value is -3.63. The Morgan fingerprint density at radius 3 is 2.32 bits per heavy atom. The van der Waals surface area contributed by atoms with Gasteiger partial charge in [-0.25, -0.2) is 0 Å². The van der Waals surface area contributed by atoms with Gasteiger partial charge in [0.2, 0.25) is 5.91 Å². The predicted molar refractivity (Wildman–Crippen MR) is 133 cm³/mol. The third-order valence-electron chi connectivity index (χ3n) is 8.36. The van der Waals surface area contributed by atoms with Crippen molar-refractivity contribution < 1.29 is 34.2 Å². The van der Waals surface area contributed by atoms with E-state index < -0.39 is 64.4 Å². The number of phenols is 1. The Kier molecular flexibility index (Phi) is 5.54. The first-order chi connectivity index (χ1) is 17.3. The van der Waals surface area contributed by atoms with E-state index in [2.05, 4.69) is 0 Å². The zero-order valence-corrected chi connectivity index (χ0v) is 21.0. The van der Waals surface area contributed by atoms with Crippen molar-refractivity contribution in [2.75, 3.05) is 33.1 Å². The van der Waals surface area contributed by atoms with Crippen molar-refractivity contribution in [1.29, 1.82) is 0 Å². The molecule has 2 aromatic rings. The largest absolute Gasteiger partial charge is 0.507 e. The number of carbonyl (C=O) groups excluding carboxylic acids is 5. The standard InChI is InChI=1S/C27H29N3O7/c1-29(2)14-5-6-15-11(9-14)7-12-8-13-10-16-20(30(3)4)23(33)19(26(28)36)25(35)27(16,37)24(34)18(13)22(32)17(12)21(15)31/h5-7,9,13,16,18-20,31,37H,8,10H2,1-4H3,(H2,28,36)/t13-,16-,18?,19?,20-,27-/m0/s1. The Bertz CT molecular complexity index is 1410. The van der Waals surface area contributed by atoms with Gasteiger partial charge in [0.15, 0.2) is 34.7 Å². The molecule has 10 nitrogen and oxygen atoms in total. The fourth-order valence-electron chi connectivity index (χ4n) is 6.65. The summed E-state index contributed by atoms with van der Waals surface area (Å²) >= 11 is 0. The fourth-order valence-corrected chi connectivity index (χ4v) is 6.65. The molecule has 0 heterocycles. The summed E-state index contributed by atoms with van der Waals surface area (Å²) in [5.41, 5.74) is 4.08. The first-order valence-electron chi connectivity index (χ1n) is 12.1. The third-order valence-corrected chi connectivity index (χ3v) is 8.36. The van der Waals surface area contributed by atoms with Crippen LogP contribution in [0.4, 0.5) is 5.69 Å². The van der Waals surface area contributed by atoms with Crippen molar-refractivity contribution in [2.45, 2.75) is 24.5 Å². The highest BCUT2D eigenvalue weighted by atomic mass is 16.3. The highest BCUT2D eigenvalue weighted by Crippen LogP contribution is 2.51. The van der Waals surface area contributed by atoms with Gasteiger partial charge in [0.1, 0.15) is 5.75 Å². The Morgan fingerprint density at radius 2 is 1.73 bits per heavy atom. The lowest BCUT2D eigenvalue weighted by molar-refractivity contribution is -0.181. The van der Waals surface area contributed by atoms with Gasteiger partial charge in [0, 0.05) is 31.1 Å². The number of ketones is 4. The Balaban J connectivity index is 1.65. The van der Waals surface area contributed by atoms with E-state index >= 15 is 0 Å². The Labute approximate surface area is 213 Å². The topological polar surface area (TPSA) is 158 Å². The van der Waals surface area contributed by atoms with E-state index in [1.807, 2.05) is 31.1 Å². The van der Waals surface area contributed by atoms with E-state index in [4.69, 9.17) is 5.73 Å². The molecule has 5 rings (SSSR count). The summed E-state index contributed by atoms with van der Waals surface area (Å²) in [6.45, 7) is 0. The minimum Gasteiger partial charge on any atom is -0.507 e. The van der Waals surface area contributed by atoms with E-state index in [1.54, 1.807) is 26.2 Å². The first kappa shape index (κ1) is 25.0. The molecule has 0 saturated heterocycles. The number of anilines is 1. The molecule has 2 saturated carbocycles. The highest BCUT2D eigenvalue weighted by molar-refractivity contribution is 6.32. The minimum atomic E-state index is -2.72. The molecule has 1 amide bonds. The van der Waals surface area contributed by atoms with E-state index in [9.17, 15) is 34.2 Å². The molecule has 3 aliphatic carbocycles. The molecule has 0 bridgehead atoms. The van der Waals surface area contributed by atoms with Gasteiger partial charge in [-0.15, -0.1) is 0 Å². The highest BCUT2D eigenvalue weighted by Gasteiger charge is 2.69. The minimum absolute atomic E-state index is 0.00306. The molecular weight excluding hydrogens is 478 g/mol. The number of amides is 1. The summed E-state index contributed by atoms with van der Waals surface area (Å²) in [5.74, 6) is -10.4. The van der Waals surface area contributed by atoms with Crippen LogP contribution in [0, 0.1) is 23.7 Å². The van der Waals surface area contributed by atoms with Gasteiger partial charge < -0.3 is 20.8 Å². The van der Waals surface area contributed by atoms with Crippen LogP contribution in [0.25, 0.3) is 10.8 Å². The monoisotopic (exact) mass is 507 g/mol. The molecule has 0 radical (unpaired) electrons. The van der Waals surface area contributed by atoms with Crippen LogP contribution in [0.3, 0.4) is 0 Å². The van der Waals surface area contributed by atoms with Gasteiger partial charge in [-0.2, -0.15) is 0 Å². The number of carbonyl (C=O) groups is 5. The molecule has 3 aliphatic rings. The zero-order valence-electron chi connectivity index (χ0n) is 21.0. The number of hydrogen-bond acceptors (Lipinski definition) is 9. The van der Waals surface area contributed by atoms with E-state index in [-0.39, 0.29) is 24.2 Å². The maximum absolute atomic E-state index is 13.8. The second kappa shape index (κ2) is 8.19. The van der Waals surface area contributed by atoms with Crippen molar-refractivity contribution in [3.8, 4) is 5.75 Å². The van der Waals surface area contributed by atoms with Crippen molar-refractivity contribution >= 4 is 45.5 Å². The maximum atomic E-state index is 13.8. The number of benzene rings is 2.